The van der Waals surface area contributed by atoms with Crippen LogP contribution in [-0.4, -0.2) is 28.9 Å². The number of carbonyl (C=O) groups excluding carboxylic acids is 1. The van der Waals surface area contributed by atoms with E-state index in [1.807, 2.05) is 4.90 Å². The third-order valence-corrected chi connectivity index (χ3v) is 4.67. The molecule has 2 fully saturated rings. The number of nitrogens with zero attached hydrogens (tertiary/aromatic N) is 1. The van der Waals surface area contributed by atoms with Gasteiger partial charge in [0, 0.05) is 25.4 Å². The summed E-state index contributed by atoms with van der Waals surface area (Å²) in [5.41, 5.74) is 5.57. The fraction of sp³-hybridized carbons (Fsp3) is 0.867. The first-order valence-corrected chi connectivity index (χ1v) is 7.98. The lowest BCUT2D eigenvalue weighted by molar-refractivity contribution is -0.133. The van der Waals surface area contributed by atoms with E-state index in [0.29, 0.717) is 47.5 Å². The summed E-state index contributed by atoms with van der Waals surface area (Å²) < 4.78 is 0. The molecule has 4 heteroatoms. The second-order valence-corrected chi connectivity index (χ2v) is 7.06. The van der Waals surface area contributed by atoms with E-state index in [4.69, 9.17) is 18.0 Å². The average Bonchev–Trinajstić information content (AvgIpc) is 3.07. The Morgan fingerprint density at radius 3 is 2.37 bits per heavy atom. The summed E-state index contributed by atoms with van der Waals surface area (Å²) in [5, 5.41) is 0. The summed E-state index contributed by atoms with van der Waals surface area (Å²) in [6.45, 7) is 5.83. The van der Waals surface area contributed by atoms with Gasteiger partial charge in [-0.25, -0.2) is 0 Å². The molecule has 0 radical (unpaired) electrons. The van der Waals surface area contributed by atoms with Crippen molar-refractivity contribution < 1.29 is 4.79 Å². The summed E-state index contributed by atoms with van der Waals surface area (Å²) in [5.74, 6) is 2.53. The lowest BCUT2D eigenvalue weighted by atomic mass is 10.0. The van der Waals surface area contributed by atoms with Gasteiger partial charge in [0.05, 0.1) is 4.99 Å². The van der Waals surface area contributed by atoms with Crippen LogP contribution in [0.25, 0.3) is 0 Å². The van der Waals surface area contributed by atoms with Gasteiger partial charge in [-0.1, -0.05) is 38.9 Å². The van der Waals surface area contributed by atoms with E-state index in [0.717, 1.165) is 6.54 Å². The number of fused-ring (bicyclic) bond motifs is 1. The first-order valence-electron chi connectivity index (χ1n) is 7.57. The number of hydrogen-bond donors (Lipinski definition) is 1. The second-order valence-electron chi connectivity index (χ2n) is 6.53. The van der Waals surface area contributed by atoms with E-state index in [9.17, 15) is 4.79 Å². The van der Waals surface area contributed by atoms with Gasteiger partial charge in [0.2, 0.25) is 5.91 Å². The van der Waals surface area contributed by atoms with Gasteiger partial charge in [0.25, 0.3) is 0 Å². The summed E-state index contributed by atoms with van der Waals surface area (Å²) in [6.07, 6.45) is 5.78. The highest BCUT2D eigenvalue weighted by molar-refractivity contribution is 7.80. The zero-order valence-corrected chi connectivity index (χ0v) is 12.9. The van der Waals surface area contributed by atoms with Crippen molar-refractivity contribution in [3.8, 4) is 0 Å². The highest BCUT2D eigenvalue weighted by atomic mass is 32.1. The first-order chi connectivity index (χ1) is 9.00. The van der Waals surface area contributed by atoms with Crippen LogP contribution < -0.4 is 5.73 Å². The number of thiocarbonyl (C=S) groups is 1. The summed E-state index contributed by atoms with van der Waals surface area (Å²) in [6, 6.07) is 0. The molecule has 3 nitrogen and oxygen atoms in total. The number of nitrogens with two attached hydrogens (primary N) is 1. The van der Waals surface area contributed by atoms with Crippen molar-refractivity contribution in [1.82, 2.24) is 4.90 Å². The van der Waals surface area contributed by atoms with Crippen LogP contribution in [0.4, 0.5) is 0 Å². The van der Waals surface area contributed by atoms with Crippen LogP contribution in [0.3, 0.4) is 0 Å². The summed E-state index contributed by atoms with van der Waals surface area (Å²) in [7, 11) is 0. The molecule has 0 heterocycles. The first kappa shape index (κ1) is 14.8. The Balaban J connectivity index is 1.93. The van der Waals surface area contributed by atoms with Crippen molar-refractivity contribution in [2.45, 2.75) is 46.0 Å². The monoisotopic (exact) mass is 282 g/mol. The molecule has 2 aliphatic carbocycles. The van der Waals surface area contributed by atoms with Gasteiger partial charge in [-0.15, -0.1) is 0 Å². The molecule has 2 rings (SSSR count). The maximum atomic E-state index is 12.7. The topological polar surface area (TPSA) is 46.3 Å². The lowest BCUT2D eigenvalue weighted by Gasteiger charge is -2.25. The van der Waals surface area contributed by atoms with E-state index in [1.165, 1.54) is 25.7 Å². The molecule has 1 amide bonds. The van der Waals surface area contributed by atoms with E-state index < -0.39 is 0 Å². The van der Waals surface area contributed by atoms with Crippen LogP contribution in [0.2, 0.25) is 0 Å². The largest absolute Gasteiger partial charge is 0.393 e. The Hall–Kier alpha value is -0.640. The van der Waals surface area contributed by atoms with E-state index in [2.05, 4.69) is 13.8 Å². The maximum Gasteiger partial charge on any atom is 0.226 e. The van der Waals surface area contributed by atoms with Gasteiger partial charge < -0.3 is 10.6 Å². The van der Waals surface area contributed by atoms with Crippen LogP contribution >= 0.6 is 12.2 Å². The molecule has 19 heavy (non-hydrogen) atoms. The van der Waals surface area contributed by atoms with Crippen LogP contribution in [-0.2, 0) is 4.79 Å². The second kappa shape index (κ2) is 6.21. The minimum absolute atomic E-state index is 0.313. The van der Waals surface area contributed by atoms with Gasteiger partial charge in [0.1, 0.15) is 0 Å². The maximum absolute atomic E-state index is 12.7. The molecule has 0 aliphatic heterocycles. The van der Waals surface area contributed by atoms with Crippen LogP contribution in [0, 0.1) is 23.7 Å². The number of hydrogen-bond acceptors (Lipinski definition) is 2. The number of amides is 1. The Morgan fingerprint density at radius 2 is 1.89 bits per heavy atom. The predicted molar refractivity (Wildman–Crippen MR) is 81.8 cm³/mol. The summed E-state index contributed by atoms with van der Waals surface area (Å²) >= 11 is 4.94. The Kier molecular flexibility index (Phi) is 4.82. The molecule has 108 valence electrons. The molecular weight excluding hydrogens is 256 g/mol. The minimum Gasteiger partial charge on any atom is -0.393 e. The van der Waals surface area contributed by atoms with Gasteiger partial charge in [-0.3, -0.25) is 4.79 Å². The van der Waals surface area contributed by atoms with Crippen LogP contribution in [0.5, 0.6) is 0 Å². The zero-order valence-electron chi connectivity index (χ0n) is 12.1. The lowest BCUT2D eigenvalue weighted by Crippen LogP contribution is -2.38. The van der Waals surface area contributed by atoms with Gasteiger partial charge in [-0.05, 0) is 30.6 Å². The predicted octanol–water partition coefficient (Wildman–Crippen LogP) is 2.58. The molecule has 0 spiro atoms. The highest BCUT2D eigenvalue weighted by Gasteiger charge is 2.55. The van der Waals surface area contributed by atoms with Crippen molar-refractivity contribution in [2.75, 3.05) is 13.1 Å². The molecule has 2 atom stereocenters. The van der Waals surface area contributed by atoms with Crippen molar-refractivity contribution in [1.29, 1.82) is 0 Å². The Bertz CT molecular complexity index is 344. The molecule has 0 saturated heterocycles. The molecular formula is C15H26N2OS. The van der Waals surface area contributed by atoms with Crippen molar-refractivity contribution in [3.05, 3.63) is 0 Å². The van der Waals surface area contributed by atoms with Crippen LogP contribution in [0.1, 0.15) is 46.0 Å². The fourth-order valence-electron chi connectivity index (χ4n) is 3.55. The van der Waals surface area contributed by atoms with Gasteiger partial charge in [0.15, 0.2) is 0 Å². The normalized spacial score (nSPS) is 28.9. The average molecular weight is 282 g/mol. The van der Waals surface area contributed by atoms with Crippen molar-refractivity contribution in [3.63, 3.8) is 0 Å². The SMILES string of the molecule is CC(C)CN(CCC(N)=S)C(=O)C1C2CCCCC21. The number of rotatable bonds is 6. The molecule has 0 bridgehead atoms. The van der Waals surface area contributed by atoms with Crippen molar-refractivity contribution in [2.24, 2.45) is 29.4 Å². The minimum atomic E-state index is 0.313. The standard InChI is InChI=1S/C15H26N2OS/c1-10(2)9-17(8-7-13(16)19)15(18)14-11-5-3-4-6-12(11)14/h10-12,14H,3-9H2,1-2H3,(H2,16,19). The zero-order chi connectivity index (χ0) is 14.0. The molecule has 0 aromatic carbocycles. The third kappa shape index (κ3) is 3.68. The molecule has 0 aromatic heterocycles. The molecule has 2 saturated carbocycles. The van der Waals surface area contributed by atoms with Gasteiger partial charge >= 0.3 is 0 Å². The van der Waals surface area contributed by atoms with Crippen molar-refractivity contribution >= 4 is 23.1 Å². The smallest absolute Gasteiger partial charge is 0.226 e. The summed E-state index contributed by atoms with van der Waals surface area (Å²) in [4.78, 5) is 15.2. The molecule has 2 unspecified atom stereocenters. The Morgan fingerprint density at radius 1 is 1.32 bits per heavy atom. The van der Waals surface area contributed by atoms with E-state index >= 15 is 0 Å². The quantitative estimate of drug-likeness (QED) is 0.762. The van der Waals surface area contributed by atoms with E-state index in [1.54, 1.807) is 0 Å². The molecule has 2 aliphatic rings. The Labute approximate surface area is 121 Å². The number of carbonyl (C=O) groups is 1. The molecule has 0 aromatic rings. The highest BCUT2D eigenvalue weighted by Crippen LogP contribution is 2.56. The van der Waals surface area contributed by atoms with Crippen LogP contribution in [0.15, 0.2) is 0 Å². The van der Waals surface area contributed by atoms with Gasteiger partial charge in [-0.2, -0.15) is 0 Å². The third-order valence-electron chi connectivity index (χ3n) is 4.47. The molecule has 2 N–H and O–H groups in total. The van der Waals surface area contributed by atoms with E-state index in [-0.39, 0.29) is 0 Å². The fourth-order valence-corrected chi connectivity index (χ4v) is 3.64.